The molecule has 28 heavy (non-hydrogen) atoms. The molecule has 2 rings (SSSR count). The molecule has 0 unspecified atom stereocenters. The number of carbonyl (C=O) groups is 1. The number of aliphatic hydroxyl groups excluding tert-OH is 1. The normalized spacial score (nSPS) is 20.0. The maximum atomic E-state index is 12.6. The second-order valence-corrected chi connectivity index (χ2v) is 7.41. The van der Waals surface area contributed by atoms with Gasteiger partial charge in [0.1, 0.15) is 5.75 Å². The van der Waals surface area contributed by atoms with Crippen LogP contribution >= 0.6 is 0 Å². The van der Waals surface area contributed by atoms with E-state index in [0.717, 1.165) is 62.9 Å². The highest BCUT2D eigenvalue weighted by atomic mass is 19.4. The third kappa shape index (κ3) is 7.31. The van der Waals surface area contributed by atoms with Gasteiger partial charge in [-0.3, -0.25) is 0 Å². The Labute approximate surface area is 163 Å². The first-order chi connectivity index (χ1) is 13.3. The maximum absolute atomic E-state index is 12.6. The Morgan fingerprint density at radius 3 is 2.36 bits per heavy atom. The summed E-state index contributed by atoms with van der Waals surface area (Å²) in [6.07, 6.45) is 0.427. The zero-order valence-corrected chi connectivity index (χ0v) is 16.2. The maximum Gasteiger partial charge on any atom is 0.416 e. The lowest BCUT2D eigenvalue weighted by molar-refractivity contribution is -0.137. The van der Waals surface area contributed by atoms with Crippen molar-refractivity contribution in [1.82, 2.24) is 10.2 Å². The predicted octanol–water partition coefficient (Wildman–Crippen LogP) is 3.91. The Morgan fingerprint density at radius 1 is 1.18 bits per heavy atom. The summed E-state index contributed by atoms with van der Waals surface area (Å²) in [6.45, 7) is 2.28. The summed E-state index contributed by atoms with van der Waals surface area (Å²) in [5.74, 6) is 1.31. The van der Waals surface area contributed by atoms with E-state index in [-0.39, 0.29) is 12.4 Å². The number of nitrogens with one attached hydrogen (secondary N) is 1. The van der Waals surface area contributed by atoms with Crippen molar-refractivity contribution < 1.29 is 27.8 Å². The molecule has 2 N–H and O–H groups in total. The molecule has 1 aromatic rings. The Bertz CT molecular complexity index is 600. The molecular weight excluding hydrogens is 373 g/mol. The molecule has 1 aromatic carbocycles. The van der Waals surface area contributed by atoms with Crippen LogP contribution in [0.4, 0.5) is 18.0 Å². The first-order valence-electron chi connectivity index (χ1n) is 9.71. The van der Waals surface area contributed by atoms with Gasteiger partial charge in [0.05, 0.1) is 12.2 Å². The van der Waals surface area contributed by atoms with E-state index in [4.69, 9.17) is 9.84 Å². The van der Waals surface area contributed by atoms with Crippen molar-refractivity contribution in [3.63, 3.8) is 0 Å². The second kappa shape index (κ2) is 10.7. The van der Waals surface area contributed by atoms with Crippen molar-refractivity contribution >= 4 is 6.09 Å². The Hall–Kier alpha value is -1.80. The predicted molar refractivity (Wildman–Crippen MR) is 100 cm³/mol. The Morgan fingerprint density at radius 2 is 1.79 bits per heavy atom. The van der Waals surface area contributed by atoms with Crippen molar-refractivity contribution in [3.8, 4) is 5.75 Å². The number of aliphatic hydroxyl groups is 1. The number of hydrogen-bond donors (Lipinski definition) is 2. The van der Waals surface area contributed by atoms with Crippen molar-refractivity contribution in [2.45, 2.75) is 38.3 Å². The molecule has 0 heterocycles. The summed E-state index contributed by atoms with van der Waals surface area (Å²) in [6, 6.07) is 4.11. The molecule has 0 bridgehead atoms. The van der Waals surface area contributed by atoms with Crippen molar-refractivity contribution in [2.75, 3.05) is 33.3 Å². The number of carbonyl (C=O) groups excluding carboxylic acids is 1. The summed E-state index contributed by atoms with van der Waals surface area (Å²) < 4.78 is 42.8. The fourth-order valence-corrected chi connectivity index (χ4v) is 3.47. The van der Waals surface area contributed by atoms with Gasteiger partial charge in [0.25, 0.3) is 0 Å². The fraction of sp³-hybridized carbons (Fsp3) is 0.650. The first kappa shape index (κ1) is 22.5. The van der Waals surface area contributed by atoms with Crippen LogP contribution in [-0.2, 0) is 6.18 Å². The van der Waals surface area contributed by atoms with E-state index in [1.54, 1.807) is 7.05 Å². The third-order valence-electron chi connectivity index (χ3n) is 5.26. The van der Waals surface area contributed by atoms with Crippen molar-refractivity contribution in [2.24, 2.45) is 11.8 Å². The molecule has 1 aliphatic carbocycles. The lowest BCUT2D eigenvalue weighted by Gasteiger charge is -2.29. The standard InChI is InChI=1S/C20H29F3N2O3/c1-25(12-10-15-2-4-16(5-3-15)14-24-11-13-26)19(27)28-18-8-6-17(7-9-18)20(21,22)23/h6-9,15-16,24,26H,2-5,10-14H2,1H3/t15-,16-. The topological polar surface area (TPSA) is 61.8 Å². The van der Waals surface area contributed by atoms with Crippen LogP contribution in [0.3, 0.4) is 0 Å². The van der Waals surface area contributed by atoms with Crippen molar-refractivity contribution in [1.29, 1.82) is 0 Å². The number of alkyl halides is 3. The van der Waals surface area contributed by atoms with Gasteiger partial charge in [-0.25, -0.2) is 4.79 Å². The van der Waals surface area contributed by atoms with E-state index < -0.39 is 17.8 Å². The zero-order chi connectivity index (χ0) is 20.6. The van der Waals surface area contributed by atoms with Gasteiger partial charge >= 0.3 is 12.3 Å². The molecule has 1 aliphatic rings. The number of halogens is 3. The molecule has 0 spiro atoms. The van der Waals surface area contributed by atoms with Gasteiger partial charge in [-0.15, -0.1) is 0 Å². The van der Waals surface area contributed by atoms with Gasteiger partial charge in [-0.05, 0) is 61.9 Å². The van der Waals surface area contributed by atoms with Gasteiger partial charge in [0.2, 0.25) is 0 Å². The summed E-state index contributed by atoms with van der Waals surface area (Å²) in [5.41, 5.74) is -0.775. The molecule has 0 atom stereocenters. The van der Waals surface area contributed by atoms with E-state index in [9.17, 15) is 18.0 Å². The number of nitrogens with zero attached hydrogens (tertiary/aromatic N) is 1. The molecule has 0 saturated heterocycles. The first-order valence-corrected chi connectivity index (χ1v) is 9.71. The number of benzene rings is 1. The number of amides is 1. The van der Waals surface area contributed by atoms with Crippen LogP contribution in [0.25, 0.3) is 0 Å². The van der Waals surface area contributed by atoms with Crippen LogP contribution in [-0.4, -0.2) is 49.4 Å². The van der Waals surface area contributed by atoms with Crippen LogP contribution in [0.2, 0.25) is 0 Å². The van der Waals surface area contributed by atoms with Gasteiger partial charge in [-0.2, -0.15) is 13.2 Å². The van der Waals surface area contributed by atoms with Crippen LogP contribution < -0.4 is 10.1 Å². The van der Waals surface area contributed by atoms with Gasteiger partial charge in [0, 0.05) is 20.1 Å². The number of ether oxygens (including phenoxy) is 1. The minimum atomic E-state index is -4.41. The second-order valence-electron chi connectivity index (χ2n) is 7.41. The molecule has 1 amide bonds. The molecule has 0 radical (unpaired) electrons. The van der Waals surface area contributed by atoms with Crippen LogP contribution in [0.15, 0.2) is 24.3 Å². The average molecular weight is 402 g/mol. The molecular formula is C20H29F3N2O3. The quantitative estimate of drug-likeness (QED) is 0.647. The number of hydrogen-bond acceptors (Lipinski definition) is 4. The third-order valence-corrected chi connectivity index (χ3v) is 5.26. The van der Waals surface area contributed by atoms with Crippen LogP contribution in [0, 0.1) is 11.8 Å². The van der Waals surface area contributed by atoms with Crippen molar-refractivity contribution in [3.05, 3.63) is 29.8 Å². The Balaban J connectivity index is 1.69. The lowest BCUT2D eigenvalue weighted by Crippen LogP contribution is -2.33. The molecule has 0 aliphatic heterocycles. The minimum Gasteiger partial charge on any atom is -0.410 e. The highest BCUT2D eigenvalue weighted by Crippen LogP contribution is 2.31. The molecule has 158 valence electrons. The van der Waals surface area contributed by atoms with E-state index in [0.29, 0.717) is 24.9 Å². The highest BCUT2D eigenvalue weighted by Gasteiger charge is 2.30. The number of rotatable bonds is 8. The fourth-order valence-electron chi connectivity index (χ4n) is 3.47. The van der Waals surface area contributed by atoms with E-state index in [1.165, 1.54) is 4.90 Å². The lowest BCUT2D eigenvalue weighted by atomic mass is 9.80. The highest BCUT2D eigenvalue weighted by molar-refractivity contribution is 5.70. The molecule has 0 aromatic heterocycles. The zero-order valence-electron chi connectivity index (χ0n) is 16.2. The van der Waals surface area contributed by atoms with Crippen LogP contribution in [0.5, 0.6) is 5.75 Å². The monoisotopic (exact) mass is 402 g/mol. The summed E-state index contributed by atoms with van der Waals surface area (Å²) >= 11 is 0. The van der Waals surface area contributed by atoms with E-state index in [1.807, 2.05) is 0 Å². The van der Waals surface area contributed by atoms with E-state index >= 15 is 0 Å². The smallest absolute Gasteiger partial charge is 0.410 e. The van der Waals surface area contributed by atoms with Crippen LogP contribution in [0.1, 0.15) is 37.7 Å². The summed E-state index contributed by atoms with van der Waals surface area (Å²) in [7, 11) is 1.64. The van der Waals surface area contributed by atoms with Gasteiger partial charge < -0.3 is 20.1 Å². The molecule has 1 saturated carbocycles. The SMILES string of the molecule is CN(CC[C@H]1CC[C@H](CNCCO)CC1)C(=O)Oc1ccc(C(F)(F)F)cc1. The largest absolute Gasteiger partial charge is 0.416 e. The van der Waals surface area contributed by atoms with Gasteiger partial charge in [-0.1, -0.05) is 12.8 Å². The molecule has 8 heteroatoms. The average Bonchev–Trinajstić information content (AvgIpc) is 2.67. The molecule has 1 fully saturated rings. The van der Waals surface area contributed by atoms with E-state index in [2.05, 4.69) is 5.32 Å². The van der Waals surface area contributed by atoms with Gasteiger partial charge in [0.15, 0.2) is 0 Å². The summed E-state index contributed by atoms with van der Waals surface area (Å²) in [5, 5.41) is 12.0. The summed E-state index contributed by atoms with van der Waals surface area (Å²) in [4.78, 5) is 13.6. The minimum absolute atomic E-state index is 0.0979. The molecule has 5 nitrogen and oxygen atoms in total. The Kier molecular flexibility index (Phi) is 8.57.